The van der Waals surface area contributed by atoms with Crippen LogP contribution in [0.25, 0.3) is 0 Å². The Hall–Kier alpha value is -2.54. The zero-order valence-electron chi connectivity index (χ0n) is 15.9. The average molecular weight is 394 g/mol. The molecule has 2 rings (SSSR count). The molecule has 1 amide bonds. The number of anilines is 1. The molecule has 1 aromatic heterocycles. The summed E-state index contributed by atoms with van der Waals surface area (Å²) in [5.74, 6) is -0.636. The van der Waals surface area contributed by atoms with Gasteiger partial charge in [-0.25, -0.2) is 4.79 Å². The monoisotopic (exact) mass is 393 g/mol. The van der Waals surface area contributed by atoms with Gasteiger partial charge in [0.1, 0.15) is 16.5 Å². The number of halogens is 1. The maximum Gasteiger partial charge on any atom is 0.343 e. The van der Waals surface area contributed by atoms with Crippen LogP contribution >= 0.6 is 11.6 Å². The van der Waals surface area contributed by atoms with Crippen LogP contribution in [-0.2, 0) is 16.1 Å². The van der Waals surface area contributed by atoms with Gasteiger partial charge in [-0.3, -0.25) is 9.48 Å². The van der Waals surface area contributed by atoms with E-state index in [0.717, 1.165) is 12.8 Å². The largest absolute Gasteiger partial charge is 0.495 e. The fourth-order valence-electron chi connectivity index (χ4n) is 2.50. The molecule has 0 radical (unpaired) electrons. The summed E-state index contributed by atoms with van der Waals surface area (Å²) in [5.41, 5.74) is 1.15. The second-order valence-corrected chi connectivity index (χ2v) is 6.42. The first kappa shape index (κ1) is 20.8. The molecule has 0 saturated heterocycles. The van der Waals surface area contributed by atoms with Gasteiger partial charge in [0, 0.05) is 6.54 Å². The van der Waals surface area contributed by atoms with Gasteiger partial charge in [0.15, 0.2) is 6.10 Å². The van der Waals surface area contributed by atoms with Gasteiger partial charge >= 0.3 is 5.97 Å². The van der Waals surface area contributed by atoms with Crippen molar-refractivity contribution in [2.75, 3.05) is 12.4 Å². The lowest BCUT2D eigenvalue weighted by molar-refractivity contribution is -0.123. The van der Waals surface area contributed by atoms with Crippen molar-refractivity contribution in [3.8, 4) is 5.75 Å². The predicted octanol–water partition coefficient (Wildman–Crippen LogP) is 3.84. The van der Waals surface area contributed by atoms with Gasteiger partial charge in [-0.15, -0.1) is 0 Å². The number of unbranched alkanes of at least 4 members (excludes halogenated alkanes) is 1. The summed E-state index contributed by atoms with van der Waals surface area (Å²) >= 11 is 6.28. The number of hydrogen-bond acceptors (Lipinski definition) is 5. The lowest BCUT2D eigenvalue weighted by Gasteiger charge is -2.15. The zero-order valence-corrected chi connectivity index (χ0v) is 16.7. The number of ether oxygens (including phenoxy) is 2. The highest BCUT2D eigenvalue weighted by atomic mass is 35.5. The van der Waals surface area contributed by atoms with Gasteiger partial charge < -0.3 is 14.8 Å². The van der Waals surface area contributed by atoms with E-state index in [1.54, 1.807) is 35.9 Å². The number of nitrogens with zero attached hydrogens (tertiary/aromatic N) is 2. The van der Waals surface area contributed by atoms with Crippen LogP contribution < -0.4 is 10.1 Å². The van der Waals surface area contributed by atoms with E-state index in [0.29, 0.717) is 23.7 Å². The first-order chi connectivity index (χ1) is 12.9. The van der Waals surface area contributed by atoms with Crippen molar-refractivity contribution < 1.29 is 19.1 Å². The molecule has 1 aromatic carbocycles. The second kappa shape index (κ2) is 9.41. The van der Waals surface area contributed by atoms with E-state index in [4.69, 9.17) is 21.1 Å². The van der Waals surface area contributed by atoms with Crippen LogP contribution in [0.1, 0.15) is 42.7 Å². The van der Waals surface area contributed by atoms with Gasteiger partial charge in [0.2, 0.25) is 0 Å². The molecule has 0 unspecified atom stereocenters. The highest BCUT2D eigenvalue weighted by Crippen LogP contribution is 2.24. The Balaban J connectivity index is 2.07. The topological polar surface area (TPSA) is 82.5 Å². The summed E-state index contributed by atoms with van der Waals surface area (Å²) < 4.78 is 12.1. The second-order valence-electron chi connectivity index (χ2n) is 6.06. The third kappa shape index (κ3) is 5.01. The Labute approximate surface area is 163 Å². The number of rotatable bonds is 8. The SMILES string of the molecule is CCCCn1nc(C)c(C(=O)O[C@@H](C)C(=O)Nc2ccccc2OC)c1Cl. The quantitative estimate of drug-likeness (QED) is 0.689. The van der Waals surface area contributed by atoms with E-state index < -0.39 is 18.0 Å². The Bertz CT molecular complexity index is 819. The highest BCUT2D eigenvalue weighted by Gasteiger charge is 2.26. The third-order valence-corrected chi connectivity index (χ3v) is 4.40. The van der Waals surface area contributed by atoms with Crippen molar-refractivity contribution in [3.63, 3.8) is 0 Å². The number of methoxy groups -OCH3 is 1. The van der Waals surface area contributed by atoms with Gasteiger partial charge in [0.25, 0.3) is 5.91 Å². The Morgan fingerprint density at radius 1 is 1.33 bits per heavy atom. The molecule has 0 aliphatic carbocycles. The molecule has 2 aromatic rings. The van der Waals surface area contributed by atoms with Crippen molar-refractivity contribution in [2.45, 2.75) is 46.3 Å². The van der Waals surface area contributed by atoms with Crippen LogP contribution in [0, 0.1) is 6.92 Å². The van der Waals surface area contributed by atoms with E-state index in [2.05, 4.69) is 17.3 Å². The molecule has 8 heteroatoms. The predicted molar refractivity (Wildman–Crippen MR) is 103 cm³/mol. The van der Waals surface area contributed by atoms with Crippen LogP contribution in [0.2, 0.25) is 5.15 Å². The first-order valence-electron chi connectivity index (χ1n) is 8.76. The number of carbonyl (C=O) groups is 2. The number of aryl methyl sites for hydroxylation is 2. The molecule has 0 fully saturated rings. The van der Waals surface area contributed by atoms with Crippen molar-refractivity contribution in [2.24, 2.45) is 0 Å². The van der Waals surface area contributed by atoms with Crippen molar-refractivity contribution in [1.82, 2.24) is 9.78 Å². The molecule has 1 atom stereocenters. The maximum atomic E-state index is 12.5. The number of amides is 1. The number of carbonyl (C=O) groups excluding carboxylic acids is 2. The number of nitrogens with one attached hydrogen (secondary N) is 1. The molecular formula is C19H24ClN3O4. The zero-order chi connectivity index (χ0) is 20.0. The lowest BCUT2D eigenvalue weighted by Crippen LogP contribution is -2.30. The number of para-hydroxylation sites is 2. The highest BCUT2D eigenvalue weighted by molar-refractivity contribution is 6.32. The number of aromatic nitrogens is 2. The standard InChI is InChI=1S/C19H24ClN3O4/c1-5-6-11-23-17(20)16(12(2)22-23)19(25)27-13(3)18(24)21-14-9-7-8-10-15(14)26-4/h7-10,13H,5-6,11H2,1-4H3,(H,21,24)/t13-/m0/s1. The van der Waals surface area contributed by atoms with Crippen LogP contribution in [0.15, 0.2) is 24.3 Å². The van der Waals surface area contributed by atoms with Gasteiger partial charge in [-0.2, -0.15) is 5.10 Å². The van der Waals surface area contributed by atoms with Crippen molar-refractivity contribution >= 4 is 29.2 Å². The van der Waals surface area contributed by atoms with Crippen LogP contribution in [-0.4, -0.2) is 34.9 Å². The molecule has 7 nitrogen and oxygen atoms in total. The van der Waals surface area contributed by atoms with E-state index >= 15 is 0 Å². The Kier molecular flexibility index (Phi) is 7.24. The molecular weight excluding hydrogens is 370 g/mol. The molecule has 1 heterocycles. The fourth-order valence-corrected chi connectivity index (χ4v) is 2.83. The van der Waals surface area contributed by atoms with Crippen molar-refractivity contribution in [3.05, 3.63) is 40.7 Å². The number of hydrogen-bond donors (Lipinski definition) is 1. The van der Waals surface area contributed by atoms with E-state index in [9.17, 15) is 9.59 Å². The normalized spacial score (nSPS) is 11.7. The van der Waals surface area contributed by atoms with Crippen LogP contribution in [0.4, 0.5) is 5.69 Å². The molecule has 146 valence electrons. The number of esters is 1. The minimum atomic E-state index is -1.02. The average Bonchev–Trinajstić information content (AvgIpc) is 2.93. The lowest BCUT2D eigenvalue weighted by atomic mass is 10.2. The van der Waals surface area contributed by atoms with E-state index in [1.165, 1.54) is 14.0 Å². The Morgan fingerprint density at radius 3 is 2.70 bits per heavy atom. The third-order valence-electron chi connectivity index (χ3n) is 4.01. The molecule has 0 bridgehead atoms. The minimum Gasteiger partial charge on any atom is -0.495 e. The molecule has 27 heavy (non-hydrogen) atoms. The summed E-state index contributed by atoms with van der Waals surface area (Å²) in [6.07, 6.45) is 0.860. The summed E-state index contributed by atoms with van der Waals surface area (Å²) in [6, 6.07) is 6.98. The summed E-state index contributed by atoms with van der Waals surface area (Å²) in [4.78, 5) is 24.9. The summed E-state index contributed by atoms with van der Waals surface area (Å²) in [7, 11) is 1.51. The molecule has 0 saturated carbocycles. The summed E-state index contributed by atoms with van der Waals surface area (Å²) in [5, 5.41) is 7.19. The van der Waals surface area contributed by atoms with Crippen LogP contribution in [0.5, 0.6) is 5.75 Å². The molecule has 0 aliphatic rings. The van der Waals surface area contributed by atoms with Gasteiger partial charge in [-0.05, 0) is 32.4 Å². The smallest absolute Gasteiger partial charge is 0.343 e. The Morgan fingerprint density at radius 2 is 2.04 bits per heavy atom. The maximum absolute atomic E-state index is 12.5. The van der Waals surface area contributed by atoms with E-state index in [-0.39, 0.29) is 10.7 Å². The van der Waals surface area contributed by atoms with E-state index in [1.807, 2.05) is 0 Å². The van der Waals surface area contributed by atoms with Gasteiger partial charge in [-0.1, -0.05) is 37.1 Å². The molecule has 1 N–H and O–H groups in total. The number of benzene rings is 1. The minimum absolute atomic E-state index is 0.185. The van der Waals surface area contributed by atoms with Gasteiger partial charge in [0.05, 0.1) is 18.5 Å². The van der Waals surface area contributed by atoms with Crippen molar-refractivity contribution in [1.29, 1.82) is 0 Å². The molecule has 0 spiro atoms. The summed E-state index contributed by atoms with van der Waals surface area (Å²) in [6.45, 7) is 5.85. The van der Waals surface area contributed by atoms with Crippen LogP contribution in [0.3, 0.4) is 0 Å². The molecule has 0 aliphatic heterocycles. The fraction of sp³-hybridized carbons (Fsp3) is 0.421. The first-order valence-corrected chi connectivity index (χ1v) is 9.14.